The summed E-state index contributed by atoms with van der Waals surface area (Å²) in [6.07, 6.45) is 0.358. The van der Waals surface area contributed by atoms with Crippen LogP contribution in [0.4, 0.5) is 10.5 Å². The van der Waals surface area contributed by atoms with Crippen LogP contribution >= 0.6 is 23.4 Å². The van der Waals surface area contributed by atoms with E-state index >= 15 is 0 Å². The number of carbonyl (C=O) groups excluding carboxylic acids is 2. The van der Waals surface area contributed by atoms with Crippen molar-refractivity contribution in [2.75, 3.05) is 19.1 Å². The molecule has 1 atom stereocenters. The van der Waals surface area contributed by atoms with E-state index in [4.69, 9.17) is 21.1 Å². The van der Waals surface area contributed by atoms with E-state index in [1.807, 2.05) is 6.07 Å². The first kappa shape index (κ1) is 17.6. The topological polar surface area (TPSA) is 55.8 Å². The summed E-state index contributed by atoms with van der Waals surface area (Å²) in [6, 6.07) is 12.2. The second-order valence-corrected chi connectivity index (χ2v) is 6.94. The van der Waals surface area contributed by atoms with E-state index in [0.29, 0.717) is 28.6 Å². The van der Waals surface area contributed by atoms with Crippen LogP contribution in [0, 0.1) is 0 Å². The van der Waals surface area contributed by atoms with Crippen molar-refractivity contribution in [2.45, 2.75) is 11.7 Å². The summed E-state index contributed by atoms with van der Waals surface area (Å²) < 4.78 is 10.6. The Labute approximate surface area is 154 Å². The van der Waals surface area contributed by atoms with Gasteiger partial charge in [-0.25, -0.2) is 4.90 Å². The number of anilines is 1. The van der Waals surface area contributed by atoms with Gasteiger partial charge in [0.05, 0.1) is 30.2 Å². The molecule has 7 heteroatoms. The Kier molecular flexibility index (Phi) is 5.20. The van der Waals surface area contributed by atoms with Crippen molar-refractivity contribution < 1.29 is 19.1 Å². The summed E-state index contributed by atoms with van der Waals surface area (Å²) in [4.78, 5) is 26.3. The van der Waals surface area contributed by atoms with Crippen LogP contribution in [0.1, 0.15) is 5.56 Å². The number of hydrogen-bond acceptors (Lipinski definition) is 5. The Hall–Kier alpha value is -2.18. The van der Waals surface area contributed by atoms with Gasteiger partial charge in [0.1, 0.15) is 11.5 Å². The smallest absolute Gasteiger partial charge is 0.293 e. The van der Waals surface area contributed by atoms with Crippen LogP contribution in [-0.2, 0) is 11.2 Å². The molecule has 2 amide bonds. The highest BCUT2D eigenvalue weighted by Crippen LogP contribution is 2.38. The first-order valence-corrected chi connectivity index (χ1v) is 8.81. The molecule has 0 aliphatic carbocycles. The maximum Gasteiger partial charge on any atom is 0.293 e. The number of ether oxygens (including phenoxy) is 2. The molecule has 0 aromatic heterocycles. The fraction of sp³-hybridized carbons (Fsp3) is 0.222. The molecule has 5 nitrogen and oxygen atoms in total. The minimum Gasteiger partial charge on any atom is -0.497 e. The van der Waals surface area contributed by atoms with Gasteiger partial charge < -0.3 is 9.47 Å². The monoisotopic (exact) mass is 377 g/mol. The van der Waals surface area contributed by atoms with Crippen LogP contribution in [0.15, 0.2) is 42.5 Å². The van der Waals surface area contributed by atoms with Crippen molar-refractivity contribution >= 4 is 40.2 Å². The molecule has 1 aliphatic heterocycles. The number of carbonyl (C=O) groups is 2. The van der Waals surface area contributed by atoms with Crippen molar-refractivity contribution in [3.63, 3.8) is 0 Å². The van der Waals surface area contributed by atoms with Gasteiger partial charge in [-0.3, -0.25) is 9.59 Å². The molecule has 130 valence electrons. The normalized spacial score (nSPS) is 17.1. The fourth-order valence-electron chi connectivity index (χ4n) is 2.68. The first-order valence-electron chi connectivity index (χ1n) is 7.55. The number of methoxy groups -OCH3 is 2. The Morgan fingerprint density at radius 2 is 1.88 bits per heavy atom. The van der Waals surface area contributed by atoms with Gasteiger partial charge in [0.15, 0.2) is 0 Å². The lowest BCUT2D eigenvalue weighted by atomic mass is 10.1. The van der Waals surface area contributed by atoms with Gasteiger partial charge in [0.25, 0.3) is 5.24 Å². The van der Waals surface area contributed by atoms with Crippen LogP contribution in [-0.4, -0.2) is 30.6 Å². The molecule has 2 aromatic rings. The van der Waals surface area contributed by atoms with E-state index in [1.165, 1.54) is 0 Å². The predicted molar refractivity (Wildman–Crippen MR) is 99.0 cm³/mol. The van der Waals surface area contributed by atoms with Crippen molar-refractivity contribution in [3.8, 4) is 11.5 Å². The average Bonchev–Trinajstić information content (AvgIpc) is 2.89. The lowest BCUT2D eigenvalue weighted by Gasteiger charge is -2.16. The highest BCUT2D eigenvalue weighted by Gasteiger charge is 2.41. The third kappa shape index (κ3) is 3.45. The Morgan fingerprint density at radius 1 is 1.12 bits per heavy atom. The molecule has 3 rings (SSSR count). The minimum absolute atomic E-state index is 0.284. The van der Waals surface area contributed by atoms with Gasteiger partial charge in [-0.05, 0) is 42.3 Å². The van der Waals surface area contributed by atoms with Gasteiger partial charge in [-0.2, -0.15) is 0 Å². The quantitative estimate of drug-likeness (QED) is 0.782. The molecule has 0 saturated carbocycles. The molecule has 0 N–H and O–H groups in total. The Morgan fingerprint density at radius 3 is 2.56 bits per heavy atom. The molecule has 25 heavy (non-hydrogen) atoms. The largest absolute Gasteiger partial charge is 0.497 e. The summed E-state index contributed by atoms with van der Waals surface area (Å²) in [5.74, 6) is 1.03. The van der Waals surface area contributed by atoms with Gasteiger partial charge in [0.2, 0.25) is 5.91 Å². The Balaban J connectivity index is 1.87. The third-order valence-corrected chi connectivity index (χ3v) is 5.26. The van der Waals surface area contributed by atoms with Gasteiger partial charge in [-0.1, -0.05) is 35.5 Å². The van der Waals surface area contributed by atoms with Crippen LogP contribution in [0.3, 0.4) is 0 Å². The second kappa shape index (κ2) is 7.37. The molecule has 0 bridgehead atoms. The molecule has 0 spiro atoms. The molecule has 1 aliphatic rings. The van der Waals surface area contributed by atoms with Crippen molar-refractivity contribution in [3.05, 3.63) is 53.1 Å². The Bertz CT molecular complexity index is 826. The number of para-hydroxylation sites is 1. The second-order valence-electron chi connectivity index (χ2n) is 5.38. The van der Waals surface area contributed by atoms with Crippen molar-refractivity contribution in [2.24, 2.45) is 0 Å². The van der Waals surface area contributed by atoms with Gasteiger partial charge in [-0.15, -0.1) is 0 Å². The van der Waals surface area contributed by atoms with E-state index in [2.05, 4.69) is 0 Å². The molecule has 1 fully saturated rings. The highest BCUT2D eigenvalue weighted by atomic mass is 35.5. The molecule has 1 heterocycles. The van der Waals surface area contributed by atoms with E-state index < -0.39 is 5.25 Å². The van der Waals surface area contributed by atoms with Crippen LogP contribution < -0.4 is 14.4 Å². The molecule has 0 radical (unpaired) electrons. The highest BCUT2D eigenvalue weighted by molar-refractivity contribution is 8.15. The van der Waals surface area contributed by atoms with Gasteiger partial charge in [0, 0.05) is 0 Å². The number of halogens is 1. The number of nitrogens with zero attached hydrogens (tertiary/aromatic N) is 1. The summed E-state index contributed by atoms with van der Waals surface area (Å²) in [5.41, 5.74) is 1.22. The lowest BCUT2D eigenvalue weighted by molar-refractivity contribution is -0.117. The van der Waals surface area contributed by atoms with E-state index in [0.717, 1.165) is 22.2 Å². The predicted octanol–water partition coefficient (Wildman–Crippen LogP) is 4.17. The van der Waals surface area contributed by atoms with Crippen molar-refractivity contribution in [1.82, 2.24) is 0 Å². The summed E-state index contributed by atoms with van der Waals surface area (Å²) in [7, 11) is 3.14. The number of rotatable bonds is 5. The first-order chi connectivity index (χ1) is 12.0. The number of benzene rings is 2. The number of imide groups is 1. The van der Waals surface area contributed by atoms with Gasteiger partial charge >= 0.3 is 0 Å². The fourth-order valence-corrected chi connectivity index (χ4v) is 3.91. The third-order valence-electron chi connectivity index (χ3n) is 3.91. The van der Waals surface area contributed by atoms with Crippen LogP contribution in [0.25, 0.3) is 0 Å². The van der Waals surface area contributed by atoms with Crippen molar-refractivity contribution in [1.29, 1.82) is 0 Å². The molecular weight excluding hydrogens is 362 g/mol. The molecular formula is C18H16ClNO4S. The maximum atomic E-state index is 12.8. The standard InChI is InChI=1S/C18H16ClNO4S/c1-23-12-7-8-15(24-2)11(9-12)10-16-17(21)20(18(22)25-16)14-6-4-3-5-13(14)19/h3-9,16H,10H2,1-2H3/t16-/m1/s1. The zero-order chi connectivity index (χ0) is 18.0. The number of thioether (sulfide) groups is 1. The minimum atomic E-state index is -0.537. The number of amides is 2. The molecule has 1 saturated heterocycles. The van der Waals surface area contributed by atoms with Crippen LogP contribution in [0.2, 0.25) is 5.02 Å². The zero-order valence-corrected chi connectivity index (χ0v) is 15.3. The lowest BCUT2D eigenvalue weighted by Crippen LogP contribution is -2.32. The van der Waals surface area contributed by atoms with E-state index in [9.17, 15) is 9.59 Å². The summed E-state index contributed by atoms with van der Waals surface area (Å²) >= 11 is 7.13. The zero-order valence-electron chi connectivity index (χ0n) is 13.7. The summed E-state index contributed by atoms with van der Waals surface area (Å²) in [5, 5.41) is -0.501. The van der Waals surface area contributed by atoms with E-state index in [-0.39, 0.29) is 11.1 Å². The molecule has 0 unspecified atom stereocenters. The number of hydrogen-bond donors (Lipinski definition) is 0. The molecule has 2 aromatic carbocycles. The van der Waals surface area contributed by atoms with Crippen LogP contribution in [0.5, 0.6) is 11.5 Å². The van der Waals surface area contributed by atoms with E-state index in [1.54, 1.807) is 50.6 Å². The SMILES string of the molecule is COc1ccc(OC)c(C[C@H]2SC(=O)N(c3ccccc3Cl)C2=O)c1. The maximum absolute atomic E-state index is 12.8. The summed E-state index contributed by atoms with van der Waals surface area (Å²) in [6.45, 7) is 0. The average molecular weight is 378 g/mol.